The van der Waals surface area contributed by atoms with Gasteiger partial charge in [-0.2, -0.15) is 0 Å². The number of nitrogens with one attached hydrogen (secondary N) is 1. The van der Waals surface area contributed by atoms with Gasteiger partial charge in [-0.1, -0.05) is 23.5 Å². The molecular weight excluding hydrogens is 412 g/mol. The van der Waals surface area contributed by atoms with Crippen molar-refractivity contribution in [1.82, 2.24) is 15.0 Å². The molecule has 0 radical (unpaired) electrons. The Morgan fingerprint density at radius 1 is 0.893 bits per heavy atom. The lowest BCUT2D eigenvalue weighted by Crippen LogP contribution is -1.90. The summed E-state index contributed by atoms with van der Waals surface area (Å²) in [6.07, 6.45) is 0. The van der Waals surface area contributed by atoms with Crippen molar-refractivity contribution in [2.75, 3.05) is 19.5 Å². The molecule has 5 rings (SSSR count). The lowest BCUT2D eigenvalue weighted by atomic mass is 10.3. The minimum absolute atomic E-state index is 0.688. The maximum atomic E-state index is 5.44. The van der Waals surface area contributed by atoms with Gasteiger partial charge in [-0.25, -0.2) is 15.0 Å². The fourth-order valence-corrected chi connectivity index (χ4v) is 5.47. The van der Waals surface area contributed by atoms with Crippen LogP contribution < -0.4 is 14.8 Å². The zero-order chi connectivity index (χ0) is 19.1. The Morgan fingerprint density at radius 2 is 1.79 bits per heavy atom. The summed E-state index contributed by atoms with van der Waals surface area (Å²) in [5, 5.41) is 7.76. The van der Waals surface area contributed by atoms with Crippen molar-refractivity contribution in [2.45, 2.75) is 0 Å². The maximum absolute atomic E-state index is 5.44. The van der Waals surface area contributed by atoms with Gasteiger partial charge in [0, 0.05) is 11.4 Å². The van der Waals surface area contributed by atoms with E-state index in [1.165, 1.54) is 22.7 Å². The lowest BCUT2D eigenvalue weighted by Gasteiger charge is -2.03. The van der Waals surface area contributed by atoms with Gasteiger partial charge in [0.05, 0.1) is 29.1 Å². The van der Waals surface area contributed by atoms with Gasteiger partial charge in [-0.05, 0) is 18.2 Å². The van der Waals surface area contributed by atoms with Gasteiger partial charge in [0.25, 0.3) is 0 Å². The van der Waals surface area contributed by atoms with Crippen molar-refractivity contribution < 1.29 is 9.47 Å². The summed E-state index contributed by atoms with van der Waals surface area (Å²) in [6, 6.07) is 11.9. The minimum Gasteiger partial charge on any atom is -0.497 e. The van der Waals surface area contributed by atoms with Crippen LogP contribution in [-0.4, -0.2) is 29.2 Å². The number of nitrogens with zero attached hydrogens (tertiary/aromatic N) is 3. The highest BCUT2D eigenvalue weighted by Gasteiger charge is 2.14. The highest BCUT2D eigenvalue weighted by Crippen LogP contribution is 2.38. The number of aromatic nitrogens is 3. The molecule has 3 aromatic heterocycles. The number of fused-ring (bicyclic) bond motifs is 2. The van der Waals surface area contributed by atoms with Crippen molar-refractivity contribution in [2.24, 2.45) is 0 Å². The molecule has 5 aromatic rings. The Hall–Kier alpha value is -2.75. The Labute approximate surface area is 172 Å². The first kappa shape index (κ1) is 17.4. The zero-order valence-corrected chi connectivity index (χ0v) is 17.4. The summed E-state index contributed by atoms with van der Waals surface area (Å²) in [5.41, 5.74) is 2.67. The first-order valence-electron chi connectivity index (χ1n) is 8.34. The second-order valence-electron chi connectivity index (χ2n) is 5.85. The second-order valence-corrected chi connectivity index (χ2v) is 8.76. The van der Waals surface area contributed by atoms with Crippen LogP contribution in [0.15, 0.2) is 41.8 Å². The van der Waals surface area contributed by atoms with E-state index >= 15 is 0 Å². The molecule has 3 heterocycles. The van der Waals surface area contributed by atoms with Crippen LogP contribution in [0.1, 0.15) is 0 Å². The van der Waals surface area contributed by atoms with Crippen molar-refractivity contribution in [3.63, 3.8) is 0 Å². The van der Waals surface area contributed by atoms with Gasteiger partial charge in [-0.15, -0.1) is 22.7 Å². The molecule has 0 saturated carbocycles. The molecule has 0 spiro atoms. The smallest absolute Gasteiger partial charge is 0.190 e. The summed E-state index contributed by atoms with van der Waals surface area (Å²) in [4.78, 5) is 14.0. The standard InChI is InChI=1S/C19H14N4O2S3/c1-24-10-7-13(25-2)16-15(8-10)28-19(22-16)23-18-21-12(9-26-18)17-20-11-5-3-4-6-14(11)27-17/h3-9H,1-2H3,(H,21,22,23). The third kappa shape index (κ3) is 3.07. The highest BCUT2D eigenvalue weighted by molar-refractivity contribution is 7.23. The first-order chi connectivity index (χ1) is 13.7. The molecule has 0 aliphatic rings. The SMILES string of the molecule is COc1cc(OC)c2nc(Nc3nc(-c4nc5ccccc5s4)cs3)sc2c1. The number of ether oxygens (including phenoxy) is 2. The molecule has 0 unspecified atom stereocenters. The Kier molecular flexibility index (Phi) is 4.34. The number of hydrogen-bond donors (Lipinski definition) is 1. The van der Waals surface area contributed by atoms with Crippen molar-refractivity contribution in [1.29, 1.82) is 0 Å². The predicted molar refractivity (Wildman–Crippen MR) is 117 cm³/mol. The normalized spacial score (nSPS) is 11.2. The van der Waals surface area contributed by atoms with Gasteiger partial charge in [0.1, 0.15) is 27.7 Å². The van der Waals surface area contributed by atoms with Crippen LogP contribution in [0, 0.1) is 0 Å². The summed E-state index contributed by atoms with van der Waals surface area (Å²) in [7, 11) is 3.27. The van der Waals surface area contributed by atoms with Gasteiger partial charge in [-0.3, -0.25) is 0 Å². The van der Waals surface area contributed by atoms with E-state index in [9.17, 15) is 0 Å². The van der Waals surface area contributed by atoms with E-state index in [0.717, 1.165) is 47.1 Å². The van der Waals surface area contributed by atoms with Gasteiger partial charge in [0.2, 0.25) is 0 Å². The van der Waals surface area contributed by atoms with Gasteiger partial charge in [0.15, 0.2) is 10.3 Å². The monoisotopic (exact) mass is 426 g/mol. The van der Waals surface area contributed by atoms with Crippen LogP contribution in [0.5, 0.6) is 11.5 Å². The van der Waals surface area contributed by atoms with Crippen LogP contribution in [0.3, 0.4) is 0 Å². The van der Waals surface area contributed by atoms with Crippen molar-refractivity contribution in [3.05, 3.63) is 41.8 Å². The average molecular weight is 427 g/mol. The number of benzene rings is 2. The third-order valence-electron chi connectivity index (χ3n) is 4.12. The number of methoxy groups -OCH3 is 2. The van der Waals surface area contributed by atoms with E-state index < -0.39 is 0 Å². The highest BCUT2D eigenvalue weighted by atomic mass is 32.1. The predicted octanol–water partition coefficient (Wildman–Crippen LogP) is 5.79. The van der Waals surface area contributed by atoms with Gasteiger partial charge < -0.3 is 14.8 Å². The molecule has 6 nitrogen and oxygen atoms in total. The van der Waals surface area contributed by atoms with Crippen LogP contribution in [0.25, 0.3) is 31.1 Å². The number of anilines is 2. The molecule has 0 aliphatic carbocycles. The molecule has 0 amide bonds. The second kappa shape index (κ2) is 7.01. The quantitative estimate of drug-likeness (QED) is 0.384. The molecule has 1 N–H and O–H groups in total. The number of rotatable bonds is 5. The fourth-order valence-electron chi connectivity index (χ4n) is 2.80. The summed E-state index contributed by atoms with van der Waals surface area (Å²) in [5.74, 6) is 1.43. The van der Waals surface area contributed by atoms with E-state index in [-0.39, 0.29) is 0 Å². The number of thiazole rings is 3. The summed E-state index contributed by atoms with van der Waals surface area (Å²) in [6.45, 7) is 0. The van der Waals surface area contributed by atoms with E-state index in [4.69, 9.17) is 9.47 Å². The van der Waals surface area contributed by atoms with E-state index in [1.54, 1.807) is 25.6 Å². The van der Waals surface area contributed by atoms with E-state index in [1.807, 2.05) is 35.7 Å². The molecule has 2 aromatic carbocycles. The topological polar surface area (TPSA) is 69.2 Å². The molecule has 140 valence electrons. The van der Waals surface area contributed by atoms with Gasteiger partial charge >= 0.3 is 0 Å². The van der Waals surface area contributed by atoms with Crippen LogP contribution in [0.4, 0.5) is 10.3 Å². The fraction of sp³-hybridized carbons (Fsp3) is 0.105. The number of hydrogen-bond acceptors (Lipinski definition) is 9. The largest absolute Gasteiger partial charge is 0.497 e. The Morgan fingerprint density at radius 3 is 2.61 bits per heavy atom. The minimum atomic E-state index is 0.688. The lowest BCUT2D eigenvalue weighted by molar-refractivity contribution is 0.397. The number of para-hydroxylation sites is 1. The molecule has 0 fully saturated rings. The zero-order valence-electron chi connectivity index (χ0n) is 14.9. The van der Waals surface area contributed by atoms with Crippen LogP contribution >= 0.6 is 34.0 Å². The molecule has 9 heteroatoms. The van der Waals surface area contributed by atoms with Crippen LogP contribution in [-0.2, 0) is 0 Å². The molecule has 0 aliphatic heterocycles. The molecule has 0 saturated heterocycles. The summed E-state index contributed by atoms with van der Waals surface area (Å²) >= 11 is 4.71. The van der Waals surface area contributed by atoms with Crippen LogP contribution in [0.2, 0.25) is 0 Å². The molecule has 28 heavy (non-hydrogen) atoms. The van der Waals surface area contributed by atoms with E-state index in [2.05, 4.69) is 26.3 Å². The van der Waals surface area contributed by atoms with E-state index in [0.29, 0.717) is 5.75 Å². The average Bonchev–Trinajstić information content (AvgIpc) is 3.44. The van der Waals surface area contributed by atoms with Crippen molar-refractivity contribution in [3.8, 4) is 22.2 Å². The molecular formula is C19H14N4O2S3. The summed E-state index contributed by atoms with van der Waals surface area (Å²) < 4.78 is 12.9. The Balaban J connectivity index is 1.45. The Bertz CT molecular complexity index is 1260. The van der Waals surface area contributed by atoms with Crippen molar-refractivity contribution >= 4 is 64.7 Å². The third-order valence-corrected chi connectivity index (χ3v) is 6.85. The molecule has 0 bridgehead atoms. The first-order valence-corrected chi connectivity index (χ1v) is 10.9. The molecule has 0 atom stereocenters. The maximum Gasteiger partial charge on any atom is 0.190 e.